The van der Waals surface area contributed by atoms with Crippen molar-refractivity contribution in [3.8, 4) is 0 Å². The van der Waals surface area contributed by atoms with Gasteiger partial charge in [-0.1, -0.05) is 0 Å². The van der Waals surface area contributed by atoms with Gasteiger partial charge in [-0.15, -0.1) is 0 Å². The fourth-order valence-electron chi connectivity index (χ4n) is 1.73. The first-order valence-corrected chi connectivity index (χ1v) is 5.58. The minimum Gasteiger partial charge on any atom is -0.402 e. The Bertz CT molecular complexity index is 346. The van der Waals surface area contributed by atoms with Gasteiger partial charge < -0.3 is 20.0 Å². The summed E-state index contributed by atoms with van der Waals surface area (Å²) in [7, 11) is -0.399. The van der Waals surface area contributed by atoms with E-state index in [1.54, 1.807) is 0 Å². The predicted octanol–water partition coefficient (Wildman–Crippen LogP) is 1.65. The van der Waals surface area contributed by atoms with Gasteiger partial charge in [0.1, 0.15) is 0 Å². The highest BCUT2D eigenvalue weighted by atomic mass is 16.7. The highest BCUT2D eigenvalue weighted by Crippen LogP contribution is 2.39. The molecule has 4 nitrogen and oxygen atoms in total. The van der Waals surface area contributed by atoms with E-state index in [0.717, 1.165) is 5.69 Å². The number of hydrogen-bond acceptors (Lipinski definition) is 3. The molecule has 0 saturated carbocycles. The Hall–Kier alpha value is -0.775. The maximum absolute atomic E-state index is 6.11. The lowest BCUT2D eigenvalue weighted by atomic mass is 9.77. The molecule has 0 amide bonds. The number of nitrogens with two attached hydrogens (primary N) is 1. The van der Waals surface area contributed by atoms with Crippen LogP contribution in [0.5, 0.6) is 0 Å². The molecule has 16 heavy (non-hydrogen) atoms. The molecular formula is C11H19BN2O2. The van der Waals surface area contributed by atoms with Crippen LogP contribution in [0.3, 0.4) is 0 Å². The Balaban J connectivity index is 2.15. The number of aromatic nitrogens is 1. The normalized spacial score (nSPS) is 24.7. The molecule has 0 radical (unpaired) electrons. The van der Waals surface area contributed by atoms with Gasteiger partial charge in [-0.2, -0.15) is 0 Å². The minimum atomic E-state index is -0.399. The summed E-state index contributed by atoms with van der Waals surface area (Å²) in [5.41, 5.74) is 6.37. The quantitative estimate of drug-likeness (QED) is 0.748. The SMILES string of the molecule is CC1(C)OB([C@@H](N)c2ccc[nH]2)OC1(C)C. The van der Waals surface area contributed by atoms with Crippen molar-refractivity contribution in [2.75, 3.05) is 0 Å². The lowest BCUT2D eigenvalue weighted by molar-refractivity contribution is 0.00578. The highest BCUT2D eigenvalue weighted by molar-refractivity contribution is 6.47. The monoisotopic (exact) mass is 222 g/mol. The van der Waals surface area contributed by atoms with Gasteiger partial charge in [0.15, 0.2) is 0 Å². The number of rotatable bonds is 2. The van der Waals surface area contributed by atoms with Crippen LogP contribution in [0.4, 0.5) is 0 Å². The summed E-state index contributed by atoms with van der Waals surface area (Å²) in [6.45, 7) is 8.09. The first-order valence-electron chi connectivity index (χ1n) is 5.58. The molecular weight excluding hydrogens is 203 g/mol. The molecule has 3 N–H and O–H groups in total. The average molecular weight is 222 g/mol. The van der Waals surface area contributed by atoms with Gasteiger partial charge in [-0.25, -0.2) is 0 Å². The van der Waals surface area contributed by atoms with Crippen LogP contribution >= 0.6 is 0 Å². The summed E-state index contributed by atoms with van der Waals surface area (Å²) in [5, 5.41) is 0. The zero-order chi connectivity index (χ0) is 12.0. The van der Waals surface area contributed by atoms with Crippen LogP contribution in [0.2, 0.25) is 0 Å². The Morgan fingerprint density at radius 2 is 1.81 bits per heavy atom. The lowest BCUT2D eigenvalue weighted by Gasteiger charge is -2.32. The third-order valence-electron chi connectivity index (χ3n) is 3.55. The minimum absolute atomic E-state index is 0.281. The Labute approximate surface area is 96.6 Å². The predicted molar refractivity (Wildman–Crippen MR) is 63.8 cm³/mol. The number of nitrogens with one attached hydrogen (secondary N) is 1. The van der Waals surface area contributed by atoms with Gasteiger partial charge in [0.05, 0.1) is 17.1 Å². The van der Waals surface area contributed by atoms with Crippen molar-refractivity contribution in [1.82, 2.24) is 4.98 Å². The van der Waals surface area contributed by atoms with Gasteiger partial charge >= 0.3 is 7.12 Å². The Morgan fingerprint density at radius 1 is 1.25 bits per heavy atom. The van der Waals surface area contributed by atoms with E-state index in [0.29, 0.717) is 0 Å². The maximum atomic E-state index is 6.11. The van der Waals surface area contributed by atoms with Crippen LogP contribution < -0.4 is 5.73 Å². The molecule has 0 aliphatic carbocycles. The number of hydrogen-bond donors (Lipinski definition) is 2. The van der Waals surface area contributed by atoms with Crippen molar-refractivity contribution in [3.05, 3.63) is 24.0 Å². The fourth-order valence-corrected chi connectivity index (χ4v) is 1.73. The number of H-pyrrole nitrogens is 1. The average Bonchev–Trinajstić information content (AvgIpc) is 2.72. The molecule has 0 bridgehead atoms. The second-order valence-electron chi connectivity index (χ2n) is 5.28. The van der Waals surface area contributed by atoms with Crippen molar-refractivity contribution in [2.45, 2.75) is 44.8 Å². The largest absolute Gasteiger partial charge is 0.482 e. The van der Waals surface area contributed by atoms with E-state index in [4.69, 9.17) is 15.0 Å². The van der Waals surface area contributed by atoms with Gasteiger partial charge in [0.2, 0.25) is 0 Å². The van der Waals surface area contributed by atoms with Crippen LogP contribution in [-0.4, -0.2) is 23.3 Å². The number of aromatic amines is 1. The molecule has 1 atom stereocenters. The fraction of sp³-hybridized carbons (Fsp3) is 0.636. The molecule has 0 aromatic carbocycles. The molecule has 2 heterocycles. The molecule has 2 rings (SSSR count). The molecule has 1 aromatic heterocycles. The highest BCUT2D eigenvalue weighted by Gasteiger charge is 2.53. The second-order valence-corrected chi connectivity index (χ2v) is 5.28. The van der Waals surface area contributed by atoms with Crippen LogP contribution in [0.15, 0.2) is 18.3 Å². The summed E-state index contributed by atoms with van der Waals surface area (Å²) in [4.78, 5) is 3.08. The molecule has 1 saturated heterocycles. The van der Waals surface area contributed by atoms with Gasteiger partial charge in [0, 0.05) is 11.9 Å². The topological polar surface area (TPSA) is 60.3 Å². The molecule has 1 fully saturated rings. The maximum Gasteiger partial charge on any atom is 0.482 e. The van der Waals surface area contributed by atoms with Crippen molar-refractivity contribution in [2.24, 2.45) is 5.73 Å². The second kappa shape index (κ2) is 3.62. The molecule has 1 aromatic rings. The molecule has 5 heteroatoms. The zero-order valence-corrected chi connectivity index (χ0v) is 10.3. The smallest absolute Gasteiger partial charge is 0.402 e. The molecule has 88 valence electrons. The van der Waals surface area contributed by atoms with Crippen molar-refractivity contribution < 1.29 is 9.31 Å². The van der Waals surface area contributed by atoms with Gasteiger partial charge in [-0.05, 0) is 39.8 Å². The van der Waals surface area contributed by atoms with E-state index >= 15 is 0 Å². The van der Waals surface area contributed by atoms with Crippen LogP contribution in [-0.2, 0) is 9.31 Å². The molecule has 1 aliphatic rings. The van der Waals surface area contributed by atoms with Gasteiger partial charge in [0.25, 0.3) is 0 Å². The summed E-state index contributed by atoms with van der Waals surface area (Å²) >= 11 is 0. The van der Waals surface area contributed by atoms with E-state index in [9.17, 15) is 0 Å². The van der Waals surface area contributed by atoms with Crippen molar-refractivity contribution in [1.29, 1.82) is 0 Å². The Kier molecular flexibility index (Phi) is 2.65. The van der Waals surface area contributed by atoms with E-state index in [-0.39, 0.29) is 17.1 Å². The van der Waals surface area contributed by atoms with Crippen molar-refractivity contribution >= 4 is 7.12 Å². The summed E-state index contributed by atoms with van der Waals surface area (Å²) in [5.74, 6) is -0.281. The molecule has 0 unspecified atom stereocenters. The Morgan fingerprint density at radius 3 is 2.25 bits per heavy atom. The lowest BCUT2D eigenvalue weighted by Crippen LogP contribution is -2.41. The van der Waals surface area contributed by atoms with Crippen LogP contribution in [0, 0.1) is 0 Å². The van der Waals surface area contributed by atoms with Gasteiger partial charge in [-0.3, -0.25) is 0 Å². The van der Waals surface area contributed by atoms with E-state index in [2.05, 4.69) is 4.98 Å². The third kappa shape index (κ3) is 1.79. The zero-order valence-electron chi connectivity index (χ0n) is 10.3. The molecule has 1 aliphatic heterocycles. The van der Waals surface area contributed by atoms with Crippen molar-refractivity contribution in [3.63, 3.8) is 0 Å². The van der Waals surface area contributed by atoms with Crippen LogP contribution in [0.1, 0.15) is 39.3 Å². The summed E-state index contributed by atoms with van der Waals surface area (Å²) in [6, 6.07) is 3.86. The van der Waals surface area contributed by atoms with E-state index < -0.39 is 7.12 Å². The third-order valence-corrected chi connectivity index (χ3v) is 3.55. The van der Waals surface area contributed by atoms with E-state index in [1.165, 1.54) is 0 Å². The first-order chi connectivity index (χ1) is 7.33. The first kappa shape index (κ1) is 11.7. The summed E-state index contributed by atoms with van der Waals surface area (Å²) in [6.07, 6.45) is 1.85. The standard InChI is InChI=1S/C11H19BN2O2/c1-10(2)11(3,4)16-12(15-10)9(13)8-6-5-7-14-8/h5-7,9,14H,13H2,1-4H3/t9-/m0/s1. The van der Waals surface area contributed by atoms with E-state index in [1.807, 2.05) is 46.0 Å². The molecule has 0 spiro atoms. The summed E-state index contributed by atoms with van der Waals surface area (Å²) < 4.78 is 11.8. The van der Waals surface area contributed by atoms with Crippen LogP contribution in [0.25, 0.3) is 0 Å².